The minimum absolute atomic E-state index is 1.01. The van der Waals surface area contributed by atoms with Crippen LogP contribution in [0, 0.1) is 17.8 Å². The van der Waals surface area contributed by atoms with Crippen LogP contribution < -0.4 is 5.32 Å². The molecular formula is C13H25N. The molecular weight excluding hydrogens is 170 g/mol. The first-order valence-corrected chi connectivity index (χ1v) is 6.55. The predicted molar refractivity (Wildman–Crippen MR) is 61.3 cm³/mol. The molecule has 14 heavy (non-hydrogen) atoms. The second-order valence-electron chi connectivity index (χ2n) is 5.57. The molecule has 2 atom stereocenters. The maximum absolute atomic E-state index is 3.46. The third-order valence-electron chi connectivity index (χ3n) is 4.17. The fourth-order valence-electron chi connectivity index (χ4n) is 3.36. The molecule has 1 saturated heterocycles. The average molecular weight is 195 g/mol. The summed E-state index contributed by atoms with van der Waals surface area (Å²) in [6, 6.07) is 0. The van der Waals surface area contributed by atoms with Crippen molar-refractivity contribution in [3.8, 4) is 0 Å². The van der Waals surface area contributed by atoms with Crippen molar-refractivity contribution in [3.05, 3.63) is 0 Å². The number of hydrogen-bond acceptors (Lipinski definition) is 1. The van der Waals surface area contributed by atoms with Crippen molar-refractivity contribution < 1.29 is 0 Å². The molecule has 0 amide bonds. The van der Waals surface area contributed by atoms with Crippen LogP contribution >= 0.6 is 0 Å². The zero-order valence-electron chi connectivity index (χ0n) is 9.60. The lowest BCUT2D eigenvalue weighted by Gasteiger charge is -2.31. The Balaban J connectivity index is 1.72. The van der Waals surface area contributed by atoms with E-state index in [0.29, 0.717) is 0 Å². The third kappa shape index (κ3) is 2.98. The summed E-state index contributed by atoms with van der Waals surface area (Å²) in [6.45, 7) is 4.98. The zero-order chi connectivity index (χ0) is 9.80. The van der Waals surface area contributed by atoms with Crippen molar-refractivity contribution in [2.24, 2.45) is 17.8 Å². The molecule has 2 fully saturated rings. The molecule has 0 aromatic heterocycles. The van der Waals surface area contributed by atoms with Gasteiger partial charge >= 0.3 is 0 Å². The first kappa shape index (κ1) is 10.5. The van der Waals surface area contributed by atoms with Crippen molar-refractivity contribution in [2.45, 2.75) is 51.9 Å². The van der Waals surface area contributed by atoms with Gasteiger partial charge in [0.1, 0.15) is 0 Å². The normalized spacial score (nSPS) is 35.8. The molecule has 1 saturated carbocycles. The monoisotopic (exact) mass is 195 g/mol. The van der Waals surface area contributed by atoms with Crippen molar-refractivity contribution in [1.29, 1.82) is 0 Å². The Kier molecular flexibility index (Phi) is 3.86. The Bertz CT molecular complexity index is 161. The van der Waals surface area contributed by atoms with E-state index in [9.17, 15) is 0 Å². The average Bonchev–Trinajstić information content (AvgIpc) is 2.19. The lowest BCUT2D eigenvalue weighted by molar-refractivity contribution is 0.217. The van der Waals surface area contributed by atoms with Crippen LogP contribution in [-0.2, 0) is 0 Å². The summed E-state index contributed by atoms with van der Waals surface area (Å²) < 4.78 is 0. The number of hydrogen-bond donors (Lipinski definition) is 1. The number of nitrogens with one attached hydrogen (secondary N) is 1. The number of piperidine rings is 1. The second kappa shape index (κ2) is 5.16. The van der Waals surface area contributed by atoms with E-state index >= 15 is 0 Å². The van der Waals surface area contributed by atoms with E-state index in [1.54, 1.807) is 0 Å². The van der Waals surface area contributed by atoms with Gasteiger partial charge in [-0.1, -0.05) is 26.2 Å². The quantitative estimate of drug-likeness (QED) is 0.713. The van der Waals surface area contributed by atoms with Crippen molar-refractivity contribution >= 4 is 0 Å². The van der Waals surface area contributed by atoms with Crippen molar-refractivity contribution in [3.63, 3.8) is 0 Å². The molecule has 0 bridgehead atoms. The Morgan fingerprint density at radius 2 is 1.79 bits per heavy atom. The minimum atomic E-state index is 1.01. The molecule has 2 aliphatic rings. The van der Waals surface area contributed by atoms with Gasteiger partial charge in [0.25, 0.3) is 0 Å². The van der Waals surface area contributed by atoms with Gasteiger partial charge in [0, 0.05) is 0 Å². The molecule has 0 spiro atoms. The summed E-state index contributed by atoms with van der Waals surface area (Å²) in [6.07, 6.45) is 10.4. The molecule has 1 heteroatoms. The third-order valence-corrected chi connectivity index (χ3v) is 4.17. The Hall–Kier alpha value is -0.0400. The molecule has 1 N–H and O–H groups in total. The molecule has 1 heterocycles. The summed E-state index contributed by atoms with van der Waals surface area (Å²) in [5.74, 6) is 3.13. The summed E-state index contributed by atoms with van der Waals surface area (Å²) in [5, 5.41) is 3.46. The molecule has 1 nitrogen and oxygen atoms in total. The van der Waals surface area contributed by atoms with Crippen LogP contribution in [0.5, 0.6) is 0 Å². The fourth-order valence-corrected chi connectivity index (χ4v) is 3.36. The van der Waals surface area contributed by atoms with Gasteiger partial charge in [0.05, 0.1) is 0 Å². The Morgan fingerprint density at radius 1 is 1.00 bits per heavy atom. The molecule has 1 aliphatic carbocycles. The van der Waals surface area contributed by atoms with E-state index in [4.69, 9.17) is 0 Å². The van der Waals surface area contributed by atoms with Crippen LogP contribution in [0.15, 0.2) is 0 Å². The van der Waals surface area contributed by atoms with E-state index in [1.165, 1.54) is 58.0 Å². The minimum Gasteiger partial charge on any atom is -0.317 e. The van der Waals surface area contributed by atoms with Gasteiger partial charge in [-0.15, -0.1) is 0 Å². The molecule has 2 unspecified atom stereocenters. The van der Waals surface area contributed by atoms with E-state index in [1.807, 2.05) is 0 Å². The van der Waals surface area contributed by atoms with Crippen molar-refractivity contribution in [2.75, 3.05) is 13.1 Å². The van der Waals surface area contributed by atoms with Gasteiger partial charge in [-0.2, -0.15) is 0 Å². The van der Waals surface area contributed by atoms with E-state index in [2.05, 4.69) is 12.2 Å². The summed E-state index contributed by atoms with van der Waals surface area (Å²) in [5.41, 5.74) is 0. The van der Waals surface area contributed by atoms with Crippen LogP contribution in [0.25, 0.3) is 0 Å². The van der Waals surface area contributed by atoms with E-state index < -0.39 is 0 Å². The largest absolute Gasteiger partial charge is 0.317 e. The van der Waals surface area contributed by atoms with Gasteiger partial charge in [-0.25, -0.2) is 0 Å². The molecule has 82 valence electrons. The van der Waals surface area contributed by atoms with Crippen LogP contribution in [0.3, 0.4) is 0 Å². The lowest BCUT2D eigenvalue weighted by atomic mass is 9.76. The SMILES string of the molecule is CC1CCCC(CC2CCNCC2)C1. The van der Waals surface area contributed by atoms with Gasteiger partial charge in [-0.05, 0) is 56.5 Å². The summed E-state index contributed by atoms with van der Waals surface area (Å²) in [4.78, 5) is 0. The highest BCUT2D eigenvalue weighted by Crippen LogP contribution is 2.34. The molecule has 0 aromatic rings. The Morgan fingerprint density at radius 3 is 2.50 bits per heavy atom. The highest BCUT2D eigenvalue weighted by Gasteiger charge is 2.23. The second-order valence-corrected chi connectivity index (χ2v) is 5.57. The van der Waals surface area contributed by atoms with Crippen LogP contribution in [-0.4, -0.2) is 13.1 Å². The van der Waals surface area contributed by atoms with E-state index in [0.717, 1.165) is 17.8 Å². The van der Waals surface area contributed by atoms with Gasteiger partial charge in [0.15, 0.2) is 0 Å². The van der Waals surface area contributed by atoms with Gasteiger partial charge < -0.3 is 5.32 Å². The molecule has 2 rings (SSSR count). The van der Waals surface area contributed by atoms with Gasteiger partial charge in [-0.3, -0.25) is 0 Å². The van der Waals surface area contributed by atoms with Crippen LogP contribution in [0.1, 0.15) is 51.9 Å². The summed E-state index contributed by atoms with van der Waals surface area (Å²) in [7, 11) is 0. The summed E-state index contributed by atoms with van der Waals surface area (Å²) >= 11 is 0. The molecule has 1 aliphatic heterocycles. The standard InChI is InChI=1S/C13H25N/c1-11-3-2-4-13(9-11)10-12-5-7-14-8-6-12/h11-14H,2-10H2,1H3. The molecule has 0 aromatic carbocycles. The van der Waals surface area contributed by atoms with E-state index in [-0.39, 0.29) is 0 Å². The first-order chi connectivity index (χ1) is 6.84. The van der Waals surface area contributed by atoms with Crippen molar-refractivity contribution in [1.82, 2.24) is 5.32 Å². The Labute approximate surface area is 88.7 Å². The zero-order valence-corrected chi connectivity index (χ0v) is 9.60. The lowest BCUT2D eigenvalue weighted by Crippen LogP contribution is -2.29. The maximum Gasteiger partial charge on any atom is -0.00463 e. The van der Waals surface area contributed by atoms with Gasteiger partial charge in [0.2, 0.25) is 0 Å². The maximum atomic E-state index is 3.46. The predicted octanol–water partition coefficient (Wildman–Crippen LogP) is 3.20. The number of rotatable bonds is 2. The smallest absolute Gasteiger partial charge is 0.00463 e. The fraction of sp³-hybridized carbons (Fsp3) is 1.00. The van der Waals surface area contributed by atoms with Crippen LogP contribution in [0.4, 0.5) is 0 Å². The highest BCUT2D eigenvalue weighted by molar-refractivity contribution is 4.76. The first-order valence-electron chi connectivity index (χ1n) is 6.55. The topological polar surface area (TPSA) is 12.0 Å². The highest BCUT2D eigenvalue weighted by atomic mass is 14.9. The van der Waals surface area contributed by atoms with Crippen LogP contribution in [0.2, 0.25) is 0 Å². The molecule has 0 radical (unpaired) electrons.